The molecule has 1 amide bonds. The first-order valence-corrected chi connectivity index (χ1v) is 8.49. The van der Waals surface area contributed by atoms with Crippen molar-refractivity contribution in [2.45, 2.75) is 38.0 Å². The van der Waals surface area contributed by atoms with Crippen LogP contribution in [0.2, 0.25) is 0 Å². The number of anilines is 1. The van der Waals surface area contributed by atoms with Gasteiger partial charge >= 0.3 is 0 Å². The van der Waals surface area contributed by atoms with E-state index in [-0.39, 0.29) is 12.3 Å². The summed E-state index contributed by atoms with van der Waals surface area (Å²) in [6.07, 6.45) is 3.08. The van der Waals surface area contributed by atoms with E-state index in [9.17, 15) is 13.6 Å². The van der Waals surface area contributed by atoms with Gasteiger partial charge in [-0.2, -0.15) is 0 Å². The lowest BCUT2D eigenvalue weighted by Gasteiger charge is -2.35. The molecule has 1 aliphatic carbocycles. The Bertz CT molecular complexity index is 623. The molecule has 1 saturated heterocycles. The van der Waals surface area contributed by atoms with Gasteiger partial charge < -0.3 is 4.90 Å². The molecule has 2 heterocycles. The molecule has 1 aromatic carbocycles. The highest BCUT2D eigenvalue weighted by molar-refractivity contribution is 5.95. The third kappa shape index (κ3) is 2.55. The van der Waals surface area contributed by atoms with Crippen LogP contribution in [0.15, 0.2) is 24.3 Å². The summed E-state index contributed by atoms with van der Waals surface area (Å²) in [5, 5.41) is 0. The van der Waals surface area contributed by atoms with E-state index in [4.69, 9.17) is 0 Å². The first-order chi connectivity index (χ1) is 11.0. The SMILES string of the molecule is O=C(CN1CCC2(CC1)CC2(F)F)N1CCCc2ccccc21. The lowest BCUT2D eigenvalue weighted by atomic mass is 9.93. The van der Waals surface area contributed by atoms with E-state index < -0.39 is 11.3 Å². The van der Waals surface area contributed by atoms with Crippen LogP contribution in [0.5, 0.6) is 0 Å². The zero-order valence-corrected chi connectivity index (χ0v) is 13.2. The minimum absolute atomic E-state index is 0.0429. The van der Waals surface area contributed by atoms with E-state index in [1.807, 2.05) is 28.0 Å². The lowest BCUT2D eigenvalue weighted by molar-refractivity contribution is -0.120. The van der Waals surface area contributed by atoms with Crippen LogP contribution in [-0.2, 0) is 11.2 Å². The van der Waals surface area contributed by atoms with Gasteiger partial charge in [0.1, 0.15) is 0 Å². The van der Waals surface area contributed by atoms with E-state index in [1.54, 1.807) is 0 Å². The van der Waals surface area contributed by atoms with Crippen LogP contribution in [-0.4, -0.2) is 42.9 Å². The number of piperidine rings is 1. The van der Waals surface area contributed by atoms with Crippen molar-refractivity contribution >= 4 is 11.6 Å². The molecule has 1 spiro atoms. The van der Waals surface area contributed by atoms with Crippen molar-refractivity contribution < 1.29 is 13.6 Å². The second-order valence-corrected chi connectivity index (χ2v) is 7.22. The van der Waals surface area contributed by atoms with Crippen LogP contribution in [0.25, 0.3) is 0 Å². The van der Waals surface area contributed by atoms with Gasteiger partial charge in [-0.15, -0.1) is 0 Å². The maximum Gasteiger partial charge on any atom is 0.254 e. The molecule has 3 aliphatic rings. The highest BCUT2D eigenvalue weighted by Crippen LogP contribution is 2.65. The number of fused-ring (bicyclic) bond motifs is 1. The quantitative estimate of drug-likeness (QED) is 0.836. The molecule has 0 atom stereocenters. The average molecular weight is 320 g/mol. The van der Waals surface area contributed by atoms with E-state index in [2.05, 4.69) is 6.07 Å². The highest BCUT2D eigenvalue weighted by Gasteiger charge is 2.70. The Morgan fingerprint density at radius 3 is 2.52 bits per heavy atom. The van der Waals surface area contributed by atoms with E-state index in [0.29, 0.717) is 32.5 Å². The van der Waals surface area contributed by atoms with E-state index in [0.717, 1.165) is 25.1 Å². The molecule has 23 heavy (non-hydrogen) atoms. The third-order valence-corrected chi connectivity index (χ3v) is 5.79. The van der Waals surface area contributed by atoms with E-state index in [1.165, 1.54) is 5.56 Å². The zero-order valence-electron chi connectivity index (χ0n) is 13.2. The van der Waals surface area contributed by atoms with Crippen LogP contribution in [0.1, 0.15) is 31.2 Å². The number of alkyl halides is 2. The first kappa shape index (κ1) is 15.1. The minimum Gasteiger partial charge on any atom is -0.311 e. The second-order valence-electron chi connectivity index (χ2n) is 7.22. The minimum atomic E-state index is -2.46. The molecule has 4 rings (SSSR count). The molecule has 0 N–H and O–H groups in total. The number of aryl methyl sites for hydroxylation is 1. The fourth-order valence-electron chi connectivity index (χ4n) is 4.13. The first-order valence-electron chi connectivity index (χ1n) is 8.49. The van der Waals surface area contributed by atoms with Gasteiger partial charge in [0.05, 0.1) is 6.54 Å². The summed E-state index contributed by atoms with van der Waals surface area (Å²) in [5.74, 6) is -2.37. The molecule has 0 aromatic heterocycles. The maximum atomic E-state index is 13.4. The third-order valence-electron chi connectivity index (χ3n) is 5.79. The Balaban J connectivity index is 1.38. The smallest absolute Gasteiger partial charge is 0.254 e. The predicted octanol–water partition coefficient (Wildman–Crippen LogP) is 3.09. The molecule has 2 fully saturated rings. The number of carbonyl (C=O) groups is 1. The Morgan fingerprint density at radius 2 is 1.83 bits per heavy atom. The van der Waals surface area contributed by atoms with Crippen LogP contribution in [0, 0.1) is 5.41 Å². The van der Waals surface area contributed by atoms with Gasteiger partial charge in [0, 0.05) is 24.1 Å². The molecule has 1 aromatic rings. The maximum absolute atomic E-state index is 13.4. The molecule has 1 saturated carbocycles. The number of para-hydroxylation sites is 1. The zero-order chi connectivity index (χ0) is 16.1. The summed E-state index contributed by atoms with van der Waals surface area (Å²) in [4.78, 5) is 16.6. The van der Waals surface area contributed by atoms with Crippen molar-refractivity contribution in [1.82, 2.24) is 4.90 Å². The van der Waals surface area contributed by atoms with Crippen molar-refractivity contribution in [3.8, 4) is 0 Å². The molecule has 124 valence electrons. The summed E-state index contributed by atoms with van der Waals surface area (Å²) in [7, 11) is 0. The fourth-order valence-corrected chi connectivity index (χ4v) is 4.13. The van der Waals surface area contributed by atoms with Gasteiger partial charge in [0.2, 0.25) is 5.91 Å². The molecule has 0 bridgehead atoms. The number of carbonyl (C=O) groups excluding carboxylic acids is 1. The summed E-state index contributed by atoms with van der Waals surface area (Å²) in [5.41, 5.74) is 1.50. The van der Waals surface area contributed by atoms with Crippen molar-refractivity contribution in [2.75, 3.05) is 31.1 Å². The van der Waals surface area contributed by atoms with Crippen molar-refractivity contribution in [2.24, 2.45) is 5.41 Å². The van der Waals surface area contributed by atoms with Gasteiger partial charge in [0.25, 0.3) is 5.92 Å². The Labute approximate surface area is 135 Å². The second kappa shape index (κ2) is 5.26. The van der Waals surface area contributed by atoms with Crippen LogP contribution < -0.4 is 4.90 Å². The molecule has 5 heteroatoms. The highest BCUT2D eigenvalue weighted by atomic mass is 19.3. The topological polar surface area (TPSA) is 23.6 Å². The van der Waals surface area contributed by atoms with Gasteiger partial charge in [-0.1, -0.05) is 18.2 Å². The van der Waals surface area contributed by atoms with Crippen LogP contribution >= 0.6 is 0 Å². The number of hydrogen-bond donors (Lipinski definition) is 0. The monoisotopic (exact) mass is 320 g/mol. The molecular formula is C18H22F2N2O. The Morgan fingerprint density at radius 1 is 1.13 bits per heavy atom. The van der Waals surface area contributed by atoms with Crippen molar-refractivity contribution in [3.05, 3.63) is 29.8 Å². The van der Waals surface area contributed by atoms with Crippen molar-refractivity contribution in [3.63, 3.8) is 0 Å². The van der Waals surface area contributed by atoms with E-state index >= 15 is 0 Å². The summed E-state index contributed by atoms with van der Waals surface area (Å²) in [6, 6.07) is 8.05. The molecule has 2 aliphatic heterocycles. The van der Waals surface area contributed by atoms with Gasteiger partial charge in [-0.3, -0.25) is 9.69 Å². The van der Waals surface area contributed by atoms with Gasteiger partial charge in [-0.05, 0) is 50.4 Å². The Kier molecular flexibility index (Phi) is 3.45. The number of nitrogens with zero attached hydrogens (tertiary/aromatic N) is 2. The number of rotatable bonds is 2. The average Bonchev–Trinajstić information content (AvgIpc) is 3.09. The van der Waals surface area contributed by atoms with Crippen LogP contribution in [0.4, 0.5) is 14.5 Å². The number of likely N-dealkylation sites (tertiary alicyclic amines) is 1. The molecule has 0 unspecified atom stereocenters. The number of hydrogen-bond acceptors (Lipinski definition) is 2. The largest absolute Gasteiger partial charge is 0.311 e. The summed E-state index contributed by atoms with van der Waals surface area (Å²) in [6.45, 7) is 2.31. The predicted molar refractivity (Wildman–Crippen MR) is 84.8 cm³/mol. The molecule has 0 radical (unpaired) electrons. The number of amides is 1. The number of halogens is 2. The number of benzene rings is 1. The Hall–Kier alpha value is -1.49. The van der Waals surface area contributed by atoms with Crippen LogP contribution in [0.3, 0.4) is 0 Å². The van der Waals surface area contributed by atoms with Gasteiger partial charge in [-0.25, -0.2) is 8.78 Å². The summed E-state index contributed by atoms with van der Waals surface area (Å²) < 4.78 is 26.8. The fraction of sp³-hybridized carbons (Fsp3) is 0.611. The molecular weight excluding hydrogens is 298 g/mol. The lowest BCUT2D eigenvalue weighted by Crippen LogP contribution is -2.45. The summed E-state index contributed by atoms with van der Waals surface area (Å²) >= 11 is 0. The van der Waals surface area contributed by atoms with Gasteiger partial charge in [0.15, 0.2) is 0 Å². The standard InChI is InChI=1S/C18H22F2N2O/c19-18(20)13-17(18)7-10-21(11-8-17)12-16(23)22-9-3-5-14-4-1-2-6-15(14)22/h1-2,4,6H,3,5,7-13H2. The van der Waals surface area contributed by atoms with Crippen molar-refractivity contribution in [1.29, 1.82) is 0 Å². The normalized spacial score (nSPS) is 25.2. The molecule has 3 nitrogen and oxygen atoms in total.